The molecule has 0 radical (unpaired) electrons. The second-order valence-electron chi connectivity index (χ2n) is 4.74. The largest absolute Gasteiger partial charge is 0.439 e. The molecule has 6 nitrogen and oxygen atoms in total. The van der Waals surface area contributed by atoms with Crippen molar-refractivity contribution in [1.29, 1.82) is 0 Å². The third kappa shape index (κ3) is 2.59. The molecule has 0 bridgehead atoms. The van der Waals surface area contributed by atoms with Crippen molar-refractivity contribution in [2.24, 2.45) is 0 Å². The first-order valence-electron chi connectivity index (χ1n) is 6.84. The molecule has 3 aromatic heterocycles. The number of rotatable bonds is 3. The summed E-state index contributed by atoms with van der Waals surface area (Å²) in [4.78, 5) is 12.5. The summed E-state index contributed by atoms with van der Waals surface area (Å²) in [5.41, 5.74) is 1.38. The topological polar surface area (TPSA) is 65.2 Å². The van der Waals surface area contributed by atoms with Crippen LogP contribution in [0, 0.1) is 5.82 Å². The lowest BCUT2D eigenvalue weighted by Crippen LogP contribution is -1.99. The zero-order chi connectivity index (χ0) is 15.6. The summed E-state index contributed by atoms with van der Waals surface area (Å²) in [6.07, 6.45) is 4.67. The average molecular weight is 307 g/mol. The van der Waals surface area contributed by atoms with E-state index >= 15 is 0 Å². The molecule has 7 heteroatoms. The number of ether oxygens (including phenoxy) is 1. The minimum atomic E-state index is -0.300. The van der Waals surface area contributed by atoms with Gasteiger partial charge in [-0.1, -0.05) is 0 Å². The molecule has 0 fully saturated rings. The van der Waals surface area contributed by atoms with E-state index < -0.39 is 0 Å². The first-order chi connectivity index (χ1) is 11.3. The predicted octanol–water partition coefficient (Wildman–Crippen LogP) is 3.12. The molecular weight excluding hydrogens is 297 g/mol. The van der Waals surface area contributed by atoms with Crippen LogP contribution in [0.2, 0.25) is 0 Å². The van der Waals surface area contributed by atoms with Crippen molar-refractivity contribution < 1.29 is 9.13 Å². The summed E-state index contributed by atoms with van der Waals surface area (Å²) in [6, 6.07) is 11.3. The lowest BCUT2D eigenvalue weighted by atomic mass is 10.1. The number of benzene rings is 1. The second-order valence-corrected chi connectivity index (χ2v) is 4.74. The van der Waals surface area contributed by atoms with Gasteiger partial charge in [0.15, 0.2) is 0 Å². The van der Waals surface area contributed by atoms with E-state index in [9.17, 15) is 4.39 Å². The van der Waals surface area contributed by atoms with Crippen LogP contribution in [0.5, 0.6) is 11.6 Å². The van der Waals surface area contributed by atoms with Gasteiger partial charge < -0.3 is 4.74 Å². The van der Waals surface area contributed by atoms with Crippen LogP contribution in [0.4, 0.5) is 4.39 Å². The predicted molar refractivity (Wildman–Crippen MR) is 80.5 cm³/mol. The number of hydrogen-bond acceptors (Lipinski definition) is 5. The van der Waals surface area contributed by atoms with E-state index in [1.54, 1.807) is 42.7 Å². The number of hydrogen-bond donors (Lipinski definition) is 0. The van der Waals surface area contributed by atoms with E-state index in [1.807, 2.05) is 0 Å². The second kappa shape index (κ2) is 5.45. The van der Waals surface area contributed by atoms with Crippen LogP contribution in [-0.2, 0) is 0 Å². The van der Waals surface area contributed by atoms with Gasteiger partial charge in [0.25, 0.3) is 5.78 Å². The van der Waals surface area contributed by atoms with Gasteiger partial charge in [-0.2, -0.15) is 14.6 Å². The molecule has 0 saturated heterocycles. The Morgan fingerprint density at radius 2 is 1.78 bits per heavy atom. The van der Waals surface area contributed by atoms with Crippen LogP contribution in [0.25, 0.3) is 17.0 Å². The molecule has 0 aliphatic carbocycles. The number of halogens is 1. The third-order valence-electron chi connectivity index (χ3n) is 3.23. The van der Waals surface area contributed by atoms with Crippen LogP contribution in [0.15, 0.2) is 61.2 Å². The van der Waals surface area contributed by atoms with E-state index in [0.717, 1.165) is 5.56 Å². The van der Waals surface area contributed by atoms with Crippen LogP contribution in [0.3, 0.4) is 0 Å². The molecule has 0 N–H and O–H groups in total. The van der Waals surface area contributed by atoms with Crippen LogP contribution < -0.4 is 4.74 Å². The van der Waals surface area contributed by atoms with E-state index in [0.29, 0.717) is 23.1 Å². The molecule has 1 aromatic carbocycles. The molecule has 0 amide bonds. The van der Waals surface area contributed by atoms with Gasteiger partial charge in [0.05, 0.1) is 5.69 Å². The van der Waals surface area contributed by atoms with Crippen molar-refractivity contribution in [3.63, 3.8) is 0 Å². The molecular formula is C16H10FN5O. The Balaban J connectivity index is 1.82. The molecule has 112 valence electrons. The van der Waals surface area contributed by atoms with Gasteiger partial charge >= 0.3 is 0 Å². The molecule has 0 aliphatic heterocycles. The van der Waals surface area contributed by atoms with Gasteiger partial charge in [0.2, 0.25) is 5.88 Å². The maximum absolute atomic E-state index is 13.1. The Morgan fingerprint density at radius 3 is 2.57 bits per heavy atom. The Labute approximate surface area is 130 Å². The van der Waals surface area contributed by atoms with E-state index in [2.05, 4.69) is 20.1 Å². The summed E-state index contributed by atoms with van der Waals surface area (Å²) in [6.45, 7) is 0. The molecule has 0 saturated carbocycles. The van der Waals surface area contributed by atoms with Crippen molar-refractivity contribution in [2.75, 3.05) is 0 Å². The normalized spacial score (nSPS) is 10.8. The van der Waals surface area contributed by atoms with Crippen molar-refractivity contribution in [1.82, 2.24) is 24.6 Å². The monoisotopic (exact) mass is 307 g/mol. The number of fused-ring (bicyclic) bond motifs is 1. The highest BCUT2D eigenvalue weighted by atomic mass is 19.1. The molecule has 4 aromatic rings. The van der Waals surface area contributed by atoms with Crippen LogP contribution in [0.1, 0.15) is 0 Å². The van der Waals surface area contributed by atoms with E-state index in [1.165, 1.54) is 23.0 Å². The highest BCUT2D eigenvalue weighted by molar-refractivity contribution is 5.62. The molecule has 23 heavy (non-hydrogen) atoms. The lowest BCUT2D eigenvalue weighted by Gasteiger charge is -2.08. The van der Waals surface area contributed by atoms with E-state index in [4.69, 9.17) is 4.74 Å². The van der Waals surface area contributed by atoms with Crippen molar-refractivity contribution in [3.8, 4) is 22.9 Å². The molecule has 0 unspecified atom stereocenters. The average Bonchev–Trinajstić information content (AvgIpc) is 3.05. The van der Waals surface area contributed by atoms with Gasteiger partial charge in [-0.15, -0.1) is 0 Å². The fourth-order valence-electron chi connectivity index (χ4n) is 2.15. The number of pyridine rings is 1. The smallest absolute Gasteiger partial charge is 0.255 e. The first-order valence-corrected chi connectivity index (χ1v) is 6.84. The zero-order valence-corrected chi connectivity index (χ0v) is 11.8. The molecule has 0 aliphatic rings. The van der Waals surface area contributed by atoms with Gasteiger partial charge in [0, 0.05) is 24.0 Å². The fourth-order valence-corrected chi connectivity index (χ4v) is 2.15. The van der Waals surface area contributed by atoms with Gasteiger partial charge in [0.1, 0.15) is 17.9 Å². The molecule has 4 rings (SSSR count). The SMILES string of the molecule is Fc1ccc(-c2cc(Oc3ccncc3)n3ncnc3n2)cc1. The van der Waals surface area contributed by atoms with E-state index in [-0.39, 0.29) is 5.82 Å². The van der Waals surface area contributed by atoms with Crippen LogP contribution >= 0.6 is 0 Å². The summed E-state index contributed by atoms with van der Waals surface area (Å²) in [5.74, 6) is 1.17. The standard InChI is InChI=1S/C16H10FN5O/c17-12-3-1-11(2-4-12)14-9-15(22-16(21-14)19-10-20-22)23-13-5-7-18-8-6-13/h1-10H. The first kappa shape index (κ1) is 13.3. The number of aromatic nitrogens is 5. The quantitative estimate of drug-likeness (QED) is 0.582. The maximum Gasteiger partial charge on any atom is 0.255 e. The number of nitrogens with zero attached hydrogens (tertiary/aromatic N) is 5. The highest BCUT2D eigenvalue weighted by Gasteiger charge is 2.11. The minimum Gasteiger partial charge on any atom is -0.439 e. The third-order valence-corrected chi connectivity index (χ3v) is 3.23. The van der Waals surface area contributed by atoms with Gasteiger partial charge in [-0.3, -0.25) is 4.98 Å². The molecule has 3 heterocycles. The summed E-state index contributed by atoms with van der Waals surface area (Å²) >= 11 is 0. The Bertz CT molecular complexity index is 953. The van der Waals surface area contributed by atoms with Crippen LogP contribution in [-0.4, -0.2) is 24.6 Å². The Hall–Kier alpha value is -3.35. The highest BCUT2D eigenvalue weighted by Crippen LogP contribution is 2.26. The van der Waals surface area contributed by atoms with Crippen molar-refractivity contribution >= 4 is 5.78 Å². The summed E-state index contributed by atoms with van der Waals surface area (Å²) < 4.78 is 20.4. The van der Waals surface area contributed by atoms with Crippen molar-refractivity contribution in [2.45, 2.75) is 0 Å². The summed E-state index contributed by atoms with van der Waals surface area (Å²) in [5, 5.41) is 4.11. The maximum atomic E-state index is 13.1. The molecule has 0 atom stereocenters. The minimum absolute atomic E-state index is 0.300. The van der Waals surface area contributed by atoms with Crippen molar-refractivity contribution in [3.05, 3.63) is 67.0 Å². The summed E-state index contributed by atoms with van der Waals surface area (Å²) in [7, 11) is 0. The molecule has 0 spiro atoms. The zero-order valence-electron chi connectivity index (χ0n) is 11.8. The Kier molecular flexibility index (Phi) is 3.16. The van der Waals surface area contributed by atoms with Gasteiger partial charge in [-0.05, 0) is 36.4 Å². The lowest BCUT2D eigenvalue weighted by molar-refractivity contribution is 0.446. The van der Waals surface area contributed by atoms with Gasteiger partial charge in [-0.25, -0.2) is 9.37 Å². The Morgan fingerprint density at radius 1 is 1.00 bits per heavy atom. The fraction of sp³-hybridized carbons (Fsp3) is 0.